The summed E-state index contributed by atoms with van der Waals surface area (Å²) in [6.07, 6.45) is 2.17. The third-order valence-corrected chi connectivity index (χ3v) is 3.81. The van der Waals surface area contributed by atoms with Crippen molar-refractivity contribution in [3.05, 3.63) is 34.9 Å². The van der Waals surface area contributed by atoms with E-state index in [1.165, 1.54) is 23.9 Å². The number of benzene rings is 1. The van der Waals surface area contributed by atoms with Crippen LogP contribution in [0.5, 0.6) is 0 Å². The summed E-state index contributed by atoms with van der Waals surface area (Å²) in [5, 5.41) is 4.81. The molecule has 0 aromatic heterocycles. The van der Waals surface area contributed by atoms with Crippen LogP contribution >= 0.6 is 23.4 Å². The largest absolute Gasteiger partial charge is 0.454 e. The number of carbonyl (C=O) groups is 4. The lowest BCUT2D eigenvalue weighted by molar-refractivity contribution is -0.150. The normalized spacial score (nSPS) is 11.3. The van der Waals surface area contributed by atoms with E-state index in [4.69, 9.17) is 22.1 Å². The van der Waals surface area contributed by atoms with Crippen molar-refractivity contribution >= 4 is 47.2 Å². The van der Waals surface area contributed by atoms with E-state index < -0.39 is 36.5 Å². The minimum atomic E-state index is -1.05. The Hall–Kier alpha value is -2.26. The van der Waals surface area contributed by atoms with Crippen LogP contribution in [0, 0.1) is 0 Å². The van der Waals surface area contributed by atoms with Crippen molar-refractivity contribution in [1.29, 1.82) is 0 Å². The van der Waals surface area contributed by atoms with Crippen LogP contribution in [0.15, 0.2) is 24.3 Å². The molecule has 25 heavy (non-hydrogen) atoms. The molecule has 0 radical (unpaired) electrons. The molecule has 0 fully saturated rings. The summed E-state index contributed by atoms with van der Waals surface area (Å²) in [4.78, 5) is 46.1. The zero-order valence-electron chi connectivity index (χ0n) is 13.4. The van der Waals surface area contributed by atoms with Gasteiger partial charge in [-0.25, -0.2) is 9.59 Å². The standard InChI is InChI=1S/C15H18ClN3O5S/c1-25-7-6-11(14(22)24-8-12(20)19-15(17)23)18-13(21)9-2-4-10(16)5-3-9/h2-5,11H,6-8H2,1H3,(H,18,21)(H3,17,19,20,23)/t11-/m1/s1. The summed E-state index contributed by atoms with van der Waals surface area (Å²) in [6, 6.07) is 4.18. The van der Waals surface area contributed by atoms with Gasteiger partial charge in [-0.15, -0.1) is 0 Å². The molecule has 136 valence electrons. The van der Waals surface area contributed by atoms with Gasteiger partial charge >= 0.3 is 12.0 Å². The second kappa shape index (κ2) is 10.6. The first-order valence-electron chi connectivity index (χ1n) is 7.14. The van der Waals surface area contributed by atoms with Crippen molar-refractivity contribution in [1.82, 2.24) is 10.6 Å². The number of rotatable bonds is 8. The minimum Gasteiger partial charge on any atom is -0.454 e. The number of urea groups is 1. The molecular weight excluding hydrogens is 370 g/mol. The van der Waals surface area contributed by atoms with Crippen LogP contribution in [0.2, 0.25) is 5.02 Å². The number of hydrogen-bond donors (Lipinski definition) is 3. The first kappa shape index (κ1) is 20.8. The maximum absolute atomic E-state index is 12.2. The highest BCUT2D eigenvalue weighted by atomic mass is 35.5. The van der Waals surface area contributed by atoms with Gasteiger partial charge in [0.1, 0.15) is 6.04 Å². The molecule has 0 saturated carbocycles. The Kier molecular flexibility index (Phi) is 8.79. The number of primary amides is 1. The van der Waals surface area contributed by atoms with E-state index in [1.54, 1.807) is 17.4 Å². The van der Waals surface area contributed by atoms with E-state index in [0.29, 0.717) is 22.8 Å². The Labute approximate surface area is 153 Å². The monoisotopic (exact) mass is 387 g/mol. The van der Waals surface area contributed by atoms with Crippen molar-refractivity contribution in [2.24, 2.45) is 5.73 Å². The summed E-state index contributed by atoms with van der Waals surface area (Å²) < 4.78 is 4.82. The smallest absolute Gasteiger partial charge is 0.329 e. The van der Waals surface area contributed by atoms with Gasteiger partial charge in [0.2, 0.25) is 0 Å². The van der Waals surface area contributed by atoms with Gasteiger partial charge in [0.05, 0.1) is 0 Å². The third-order valence-electron chi connectivity index (χ3n) is 2.92. The van der Waals surface area contributed by atoms with Crippen LogP contribution in [-0.2, 0) is 14.3 Å². The molecule has 1 aromatic carbocycles. The van der Waals surface area contributed by atoms with E-state index in [2.05, 4.69) is 5.32 Å². The maximum Gasteiger partial charge on any atom is 0.329 e. The van der Waals surface area contributed by atoms with Crippen LogP contribution in [0.3, 0.4) is 0 Å². The van der Waals surface area contributed by atoms with E-state index in [-0.39, 0.29) is 0 Å². The number of carbonyl (C=O) groups excluding carboxylic acids is 4. The van der Waals surface area contributed by atoms with Crippen LogP contribution in [-0.4, -0.2) is 48.5 Å². The molecule has 8 nitrogen and oxygen atoms in total. The second-order valence-electron chi connectivity index (χ2n) is 4.83. The molecule has 0 aliphatic carbocycles. The average molecular weight is 388 g/mol. The quantitative estimate of drug-likeness (QED) is 0.569. The van der Waals surface area contributed by atoms with Gasteiger partial charge in [0.15, 0.2) is 6.61 Å². The average Bonchev–Trinajstić information content (AvgIpc) is 2.56. The molecule has 1 atom stereocenters. The Balaban J connectivity index is 2.67. The first-order chi connectivity index (χ1) is 11.8. The van der Waals surface area contributed by atoms with Gasteiger partial charge in [-0.2, -0.15) is 11.8 Å². The summed E-state index contributed by atoms with van der Waals surface area (Å²) in [5.74, 6) is -1.51. The predicted octanol–water partition coefficient (Wildman–Crippen LogP) is 0.930. The van der Waals surface area contributed by atoms with Gasteiger partial charge in [-0.3, -0.25) is 14.9 Å². The topological polar surface area (TPSA) is 128 Å². The lowest BCUT2D eigenvalue weighted by atomic mass is 10.1. The third kappa shape index (κ3) is 7.90. The highest BCUT2D eigenvalue weighted by Gasteiger charge is 2.23. The molecule has 0 bridgehead atoms. The summed E-state index contributed by atoms with van der Waals surface area (Å²) in [7, 11) is 0. The SMILES string of the molecule is CSCC[C@@H](NC(=O)c1ccc(Cl)cc1)C(=O)OCC(=O)NC(N)=O. The molecule has 0 aliphatic heterocycles. The highest BCUT2D eigenvalue weighted by molar-refractivity contribution is 7.98. The maximum atomic E-state index is 12.2. The van der Waals surface area contributed by atoms with E-state index in [0.717, 1.165) is 0 Å². The Bertz CT molecular complexity index is 639. The van der Waals surface area contributed by atoms with E-state index in [1.807, 2.05) is 6.26 Å². The minimum absolute atomic E-state index is 0.316. The number of esters is 1. The van der Waals surface area contributed by atoms with Gasteiger partial charge < -0.3 is 15.8 Å². The molecule has 1 rings (SSSR count). The number of hydrogen-bond acceptors (Lipinski definition) is 6. The number of nitrogens with one attached hydrogen (secondary N) is 2. The number of halogens is 1. The molecule has 1 aromatic rings. The molecular formula is C15H18ClN3O5S. The summed E-state index contributed by atoms with van der Waals surface area (Å²) in [5.41, 5.74) is 5.12. The number of amides is 4. The molecule has 4 amide bonds. The zero-order valence-corrected chi connectivity index (χ0v) is 15.0. The van der Waals surface area contributed by atoms with Crippen molar-refractivity contribution < 1.29 is 23.9 Å². The molecule has 0 aliphatic rings. The highest BCUT2D eigenvalue weighted by Crippen LogP contribution is 2.10. The van der Waals surface area contributed by atoms with Crippen LogP contribution in [0.25, 0.3) is 0 Å². The lowest BCUT2D eigenvalue weighted by Gasteiger charge is -2.17. The van der Waals surface area contributed by atoms with E-state index in [9.17, 15) is 19.2 Å². The zero-order chi connectivity index (χ0) is 18.8. The summed E-state index contributed by atoms with van der Waals surface area (Å²) in [6.45, 7) is -0.672. The van der Waals surface area contributed by atoms with Crippen molar-refractivity contribution in [2.75, 3.05) is 18.6 Å². The molecule has 0 heterocycles. The summed E-state index contributed by atoms with van der Waals surface area (Å²) >= 11 is 7.26. The fourth-order valence-corrected chi connectivity index (χ4v) is 2.34. The fourth-order valence-electron chi connectivity index (χ4n) is 1.74. The molecule has 0 unspecified atom stereocenters. The number of imide groups is 1. The number of thioether (sulfide) groups is 1. The van der Waals surface area contributed by atoms with Crippen LogP contribution < -0.4 is 16.4 Å². The fraction of sp³-hybridized carbons (Fsp3) is 0.333. The van der Waals surface area contributed by atoms with Crippen LogP contribution in [0.4, 0.5) is 4.79 Å². The molecule has 0 saturated heterocycles. The van der Waals surface area contributed by atoms with Crippen molar-refractivity contribution in [3.8, 4) is 0 Å². The number of ether oxygens (including phenoxy) is 1. The first-order valence-corrected chi connectivity index (χ1v) is 8.92. The molecule has 10 heteroatoms. The van der Waals surface area contributed by atoms with Gasteiger partial charge in [-0.05, 0) is 42.7 Å². The van der Waals surface area contributed by atoms with Gasteiger partial charge in [-0.1, -0.05) is 11.6 Å². The van der Waals surface area contributed by atoms with E-state index >= 15 is 0 Å². The molecule has 0 spiro atoms. The Morgan fingerprint density at radius 2 is 1.88 bits per heavy atom. The number of nitrogens with two attached hydrogens (primary N) is 1. The van der Waals surface area contributed by atoms with Crippen LogP contribution in [0.1, 0.15) is 16.8 Å². The Morgan fingerprint density at radius 3 is 2.44 bits per heavy atom. The second-order valence-corrected chi connectivity index (χ2v) is 6.26. The Morgan fingerprint density at radius 1 is 1.24 bits per heavy atom. The predicted molar refractivity (Wildman–Crippen MR) is 94.4 cm³/mol. The van der Waals surface area contributed by atoms with Crippen molar-refractivity contribution in [2.45, 2.75) is 12.5 Å². The molecule has 4 N–H and O–H groups in total. The van der Waals surface area contributed by atoms with Crippen molar-refractivity contribution in [3.63, 3.8) is 0 Å². The van der Waals surface area contributed by atoms with Gasteiger partial charge in [0.25, 0.3) is 11.8 Å². The lowest BCUT2D eigenvalue weighted by Crippen LogP contribution is -2.44. The van der Waals surface area contributed by atoms with Gasteiger partial charge in [0, 0.05) is 10.6 Å².